The molecular formula is C49H54IrN2SSi-2. The molecule has 0 aliphatic carbocycles. The van der Waals surface area contributed by atoms with Gasteiger partial charge in [-0.05, 0) is 79.1 Å². The van der Waals surface area contributed by atoms with E-state index in [1.807, 2.05) is 52.1 Å². The van der Waals surface area contributed by atoms with Crippen LogP contribution in [0, 0.1) is 24.9 Å². The Hall–Kier alpha value is -3.73. The van der Waals surface area contributed by atoms with E-state index in [1.54, 1.807) is 35.7 Å². The average molecular weight is 929 g/mol. The van der Waals surface area contributed by atoms with Crippen molar-refractivity contribution in [2.24, 2.45) is 5.92 Å². The van der Waals surface area contributed by atoms with Gasteiger partial charge in [0.1, 0.15) is 0 Å². The van der Waals surface area contributed by atoms with Crippen LogP contribution in [0.25, 0.3) is 53.8 Å². The fraction of sp³-hybridized carbons (Fsp3) is 0.306. The molecule has 0 aliphatic heterocycles. The number of thiophene rings is 1. The van der Waals surface area contributed by atoms with Crippen LogP contribution in [-0.4, -0.2) is 18.0 Å². The van der Waals surface area contributed by atoms with Gasteiger partial charge in [0.2, 0.25) is 0 Å². The Balaban J connectivity index is 0.000000240. The van der Waals surface area contributed by atoms with Crippen LogP contribution in [0.3, 0.4) is 0 Å². The molecule has 281 valence electrons. The molecule has 54 heavy (non-hydrogen) atoms. The molecule has 0 aliphatic rings. The molecule has 7 aromatic rings. The minimum Gasteiger partial charge on any atom is -0.305 e. The van der Waals surface area contributed by atoms with Gasteiger partial charge in [0.05, 0.1) is 8.07 Å². The summed E-state index contributed by atoms with van der Waals surface area (Å²) in [6, 6.07) is 36.5. The number of aryl methyl sites for hydroxylation is 1. The summed E-state index contributed by atoms with van der Waals surface area (Å²) in [6.07, 6.45) is 2.19. The van der Waals surface area contributed by atoms with Gasteiger partial charge in [0, 0.05) is 45.4 Å². The van der Waals surface area contributed by atoms with Crippen molar-refractivity contribution in [1.29, 1.82) is 0 Å². The van der Waals surface area contributed by atoms with Gasteiger partial charge in [-0.25, -0.2) is 0 Å². The maximum Gasteiger partial charge on any atom is 0.0799 e. The molecule has 0 saturated heterocycles. The van der Waals surface area contributed by atoms with Gasteiger partial charge in [-0.3, -0.25) is 0 Å². The molecule has 4 aromatic carbocycles. The number of nitrogens with zero attached hydrogens (tertiary/aromatic N) is 2. The van der Waals surface area contributed by atoms with Gasteiger partial charge in [-0.1, -0.05) is 140 Å². The van der Waals surface area contributed by atoms with Crippen molar-refractivity contribution in [3.8, 4) is 33.6 Å². The summed E-state index contributed by atoms with van der Waals surface area (Å²) in [6.45, 7) is 18.9. The Labute approximate surface area is 351 Å². The minimum absolute atomic E-state index is 0. The third-order valence-electron chi connectivity index (χ3n) is 9.33. The zero-order valence-electron chi connectivity index (χ0n) is 39.0. The quantitative estimate of drug-likeness (QED) is 0.118. The van der Waals surface area contributed by atoms with E-state index in [9.17, 15) is 0 Å². The van der Waals surface area contributed by atoms with Crippen LogP contribution in [0.5, 0.6) is 0 Å². The molecule has 0 spiro atoms. The second-order valence-electron chi connectivity index (χ2n) is 16.3. The van der Waals surface area contributed by atoms with E-state index in [4.69, 9.17) is 8.22 Å². The van der Waals surface area contributed by atoms with E-state index in [-0.39, 0.29) is 37.0 Å². The number of rotatable bonds is 7. The number of benzene rings is 4. The van der Waals surface area contributed by atoms with Crippen LogP contribution in [-0.2, 0) is 31.9 Å². The Morgan fingerprint density at radius 1 is 0.833 bits per heavy atom. The standard InChI is InChI=1S/C31H30NS.C18H24NSi.Ir/c1-20(2)17-21-15-16-32-28(18-21)27-8-6-7-26-25-14-11-23(19-29(25)33-30(26)27)22-9-12-24(13-10-22)31(3,4)5;1-13(2)16-11-17(15-9-7-14(3)8-10-15)19-12-18(16)20(4,5)6;/h6-7,9-16,18-20H,17H2,1-5H3;7-9,11-13H,1-6H3;/q2*-1;/i17D2;3D3,13D;. The Kier molecular flexibility index (Phi) is 10.5. The first kappa shape index (κ1) is 33.6. The van der Waals surface area contributed by atoms with E-state index >= 15 is 0 Å². The van der Waals surface area contributed by atoms with Crippen LogP contribution < -0.4 is 5.19 Å². The molecule has 1 radical (unpaired) electrons. The number of hydrogen-bond donors (Lipinski definition) is 0. The van der Waals surface area contributed by atoms with Gasteiger partial charge in [-0.2, -0.15) is 11.3 Å². The first-order valence-corrected chi connectivity index (χ1v) is 22.7. The predicted molar refractivity (Wildman–Crippen MR) is 234 cm³/mol. The first-order valence-electron chi connectivity index (χ1n) is 21.3. The summed E-state index contributed by atoms with van der Waals surface area (Å²) >= 11 is 1.75. The summed E-state index contributed by atoms with van der Waals surface area (Å²) in [7, 11) is -1.61. The molecule has 7 rings (SSSR count). The van der Waals surface area contributed by atoms with Gasteiger partial charge in [0.25, 0.3) is 0 Å². The fourth-order valence-electron chi connectivity index (χ4n) is 6.46. The number of pyridine rings is 2. The topological polar surface area (TPSA) is 25.8 Å². The number of hydrogen-bond acceptors (Lipinski definition) is 3. The third-order valence-corrected chi connectivity index (χ3v) is 12.5. The Bertz CT molecular complexity index is 2600. The summed E-state index contributed by atoms with van der Waals surface area (Å²) < 4.78 is 50.2. The molecule has 0 atom stereocenters. The monoisotopic (exact) mass is 929 g/mol. The summed E-state index contributed by atoms with van der Waals surface area (Å²) in [5, 5.41) is 3.60. The maximum absolute atomic E-state index is 8.52. The third kappa shape index (κ3) is 9.55. The van der Waals surface area contributed by atoms with Crippen LogP contribution in [0.15, 0.2) is 103 Å². The van der Waals surface area contributed by atoms with Crippen molar-refractivity contribution in [2.75, 3.05) is 0 Å². The van der Waals surface area contributed by atoms with Crippen LogP contribution in [0.1, 0.15) is 84.8 Å². The summed E-state index contributed by atoms with van der Waals surface area (Å²) in [4.78, 5) is 9.17. The van der Waals surface area contributed by atoms with Crippen molar-refractivity contribution in [3.05, 3.63) is 138 Å². The smallest absolute Gasteiger partial charge is 0.0799 e. The largest absolute Gasteiger partial charge is 0.305 e. The number of fused-ring (bicyclic) bond motifs is 3. The zero-order valence-corrected chi connectivity index (χ0v) is 37.2. The molecule has 0 amide bonds. The van der Waals surface area contributed by atoms with E-state index in [2.05, 4.69) is 111 Å². The average Bonchev–Trinajstić information content (AvgIpc) is 3.55. The second-order valence-corrected chi connectivity index (χ2v) is 22.4. The second kappa shape index (κ2) is 17.0. The molecule has 3 heterocycles. The molecule has 0 bridgehead atoms. The zero-order chi connectivity index (χ0) is 43.3. The van der Waals surface area contributed by atoms with Gasteiger partial charge in [-0.15, -0.1) is 59.2 Å². The molecule has 0 saturated carbocycles. The fourth-order valence-corrected chi connectivity index (χ4v) is 9.29. The van der Waals surface area contributed by atoms with Gasteiger partial charge >= 0.3 is 0 Å². The molecule has 5 heteroatoms. The van der Waals surface area contributed by atoms with E-state index in [0.29, 0.717) is 5.56 Å². The molecule has 0 fully saturated rings. The SMILES string of the molecule is [2H]C([2H])([2H])c1c[c-]c(-c2cc(C([2H])(C)C)c([Si](C)(C)C)cn2)cc1.[2H]C([2H])(c1ccnc(-c2[c-]ccc3c2sc2cc(-c4ccc(C(C)(C)C)cc4)ccc23)c1)C(C)C.[Ir]. The first-order chi connectivity index (χ1) is 27.4. The summed E-state index contributed by atoms with van der Waals surface area (Å²) in [5.74, 6) is -0.843. The van der Waals surface area contributed by atoms with E-state index in [1.165, 1.54) is 43.4 Å². The van der Waals surface area contributed by atoms with Crippen LogP contribution >= 0.6 is 11.3 Å². The Morgan fingerprint density at radius 3 is 2.20 bits per heavy atom. The van der Waals surface area contributed by atoms with Crippen molar-refractivity contribution < 1.29 is 28.3 Å². The Morgan fingerprint density at radius 2 is 1.57 bits per heavy atom. The number of aromatic nitrogens is 2. The van der Waals surface area contributed by atoms with Gasteiger partial charge < -0.3 is 9.97 Å². The predicted octanol–water partition coefficient (Wildman–Crippen LogP) is 13.6. The van der Waals surface area contributed by atoms with Crippen LogP contribution in [0.2, 0.25) is 19.6 Å². The molecular weight excluding hydrogens is 869 g/mol. The van der Waals surface area contributed by atoms with Crippen molar-refractivity contribution >= 4 is 44.8 Å². The molecule has 3 aromatic heterocycles. The molecule has 2 nitrogen and oxygen atoms in total. The normalized spacial score (nSPS) is 14.2. The minimum atomic E-state index is -2.13. The van der Waals surface area contributed by atoms with E-state index in [0.717, 1.165) is 32.8 Å². The van der Waals surface area contributed by atoms with Crippen molar-refractivity contribution in [3.63, 3.8) is 0 Å². The summed E-state index contributed by atoms with van der Waals surface area (Å²) in [5.41, 5.74) is 8.98. The molecule has 0 unspecified atom stereocenters. The van der Waals surface area contributed by atoms with Crippen molar-refractivity contribution in [2.45, 2.75) is 92.6 Å². The van der Waals surface area contributed by atoms with E-state index < -0.39 is 27.2 Å². The van der Waals surface area contributed by atoms with Crippen LogP contribution in [0.4, 0.5) is 0 Å². The van der Waals surface area contributed by atoms with Crippen molar-refractivity contribution in [1.82, 2.24) is 9.97 Å². The molecule has 0 N–H and O–H groups in total. The maximum atomic E-state index is 8.52. The van der Waals surface area contributed by atoms with Gasteiger partial charge in [0.15, 0.2) is 0 Å².